The molecule has 1 N–H and O–H groups in total. The van der Waals surface area contributed by atoms with Crippen molar-refractivity contribution in [2.75, 3.05) is 46.5 Å². The maximum absolute atomic E-state index is 5.90. The molecule has 5 nitrogen and oxygen atoms in total. The molecule has 0 aromatic rings. The largest absolute Gasteiger partial charge is 0.381 e. The normalized spacial score (nSPS) is 15.5. The van der Waals surface area contributed by atoms with Gasteiger partial charge in [0.1, 0.15) is 0 Å². The first kappa shape index (κ1) is 24.7. The molecule has 6 heteroatoms. The third kappa shape index (κ3) is 12.6. The number of unbranched alkanes of at least 4 members (excludes halogenated alkanes) is 3. The standard InChI is InChI=1S/C19H37N3O2.HI/c1-4-6-7-8-9-14-22(3)19(20-5-2)21-13-10-15-24-18-11-16-23-17-12-18;/h4,18H,1,5-17H2,2-3H3,(H,20,21);1H. The van der Waals surface area contributed by atoms with E-state index in [-0.39, 0.29) is 24.0 Å². The molecule has 0 aromatic carbocycles. The van der Waals surface area contributed by atoms with Gasteiger partial charge >= 0.3 is 0 Å². The summed E-state index contributed by atoms with van der Waals surface area (Å²) >= 11 is 0. The average Bonchev–Trinajstić information content (AvgIpc) is 2.61. The number of allylic oxidation sites excluding steroid dienone is 1. The Morgan fingerprint density at radius 2 is 2.04 bits per heavy atom. The number of hydrogen-bond donors (Lipinski definition) is 1. The Kier molecular flexibility index (Phi) is 16.9. The van der Waals surface area contributed by atoms with Gasteiger partial charge in [-0.05, 0) is 45.4 Å². The van der Waals surface area contributed by atoms with Gasteiger partial charge in [0.05, 0.1) is 6.10 Å². The van der Waals surface area contributed by atoms with E-state index in [9.17, 15) is 0 Å². The summed E-state index contributed by atoms with van der Waals surface area (Å²) in [4.78, 5) is 6.95. The molecule has 1 aliphatic rings. The molecule has 1 saturated heterocycles. The molecule has 25 heavy (non-hydrogen) atoms. The molecule has 0 aromatic heterocycles. The molecule has 0 radical (unpaired) electrons. The Labute approximate surface area is 171 Å². The Hall–Kier alpha value is -0.340. The van der Waals surface area contributed by atoms with E-state index in [0.717, 1.165) is 71.1 Å². The van der Waals surface area contributed by atoms with Gasteiger partial charge in [0.2, 0.25) is 0 Å². The van der Waals surface area contributed by atoms with Crippen LogP contribution in [0.25, 0.3) is 0 Å². The van der Waals surface area contributed by atoms with Crippen molar-refractivity contribution in [2.45, 2.75) is 58.0 Å². The van der Waals surface area contributed by atoms with Crippen LogP contribution in [-0.4, -0.2) is 63.5 Å². The van der Waals surface area contributed by atoms with Crippen molar-refractivity contribution in [3.8, 4) is 0 Å². The molecule has 0 bridgehead atoms. The lowest BCUT2D eigenvalue weighted by Crippen LogP contribution is -2.39. The van der Waals surface area contributed by atoms with Crippen molar-refractivity contribution in [1.82, 2.24) is 10.2 Å². The highest BCUT2D eigenvalue weighted by atomic mass is 127. The van der Waals surface area contributed by atoms with Crippen LogP contribution in [0.3, 0.4) is 0 Å². The maximum Gasteiger partial charge on any atom is 0.193 e. The average molecular weight is 467 g/mol. The van der Waals surface area contributed by atoms with Crippen LogP contribution < -0.4 is 5.32 Å². The minimum Gasteiger partial charge on any atom is -0.381 e. The van der Waals surface area contributed by atoms with Crippen molar-refractivity contribution in [2.24, 2.45) is 4.99 Å². The zero-order chi connectivity index (χ0) is 17.5. The van der Waals surface area contributed by atoms with Gasteiger partial charge in [0, 0.05) is 46.5 Å². The number of rotatable bonds is 12. The Morgan fingerprint density at radius 3 is 2.72 bits per heavy atom. The van der Waals surface area contributed by atoms with Gasteiger partial charge in [-0.2, -0.15) is 0 Å². The van der Waals surface area contributed by atoms with Gasteiger partial charge < -0.3 is 19.7 Å². The summed E-state index contributed by atoms with van der Waals surface area (Å²) in [6, 6.07) is 0. The zero-order valence-electron chi connectivity index (χ0n) is 16.2. The zero-order valence-corrected chi connectivity index (χ0v) is 18.5. The van der Waals surface area contributed by atoms with Crippen LogP contribution >= 0.6 is 24.0 Å². The summed E-state index contributed by atoms with van der Waals surface area (Å²) < 4.78 is 11.2. The molecular formula is C19H38IN3O2. The lowest BCUT2D eigenvalue weighted by molar-refractivity contribution is -0.0318. The van der Waals surface area contributed by atoms with E-state index in [0.29, 0.717) is 6.10 Å². The number of nitrogens with one attached hydrogen (secondary N) is 1. The second kappa shape index (κ2) is 17.1. The topological polar surface area (TPSA) is 46.1 Å². The monoisotopic (exact) mass is 467 g/mol. The molecule has 1 heterocycles. The predicted molar refractivity (Wildman–Crippen MR) is 117 cm³/mol. The highest BCUT2D eigenvalue weighted by molar-refractivity contribution is 14.0. The van der Waals surface area contributed by atoms with E-state index in [1.807, 2.05) is 6.08 Å². The van der Waals surface area contributed by atoms with E-state index in [1.54, 1.807) is 0 Å². The first-order valence-electron chi connectivity index (χ1n) is 9.57. The van der Waals surface area contributed by atoms with E-state index >= 15 is 0 Å². The number of aliphatic imine (C=N–C) groups is 1. The van der Waals surface area contributed by atoms with Gasteiger partial charge in [0.15, 0.2) is 5.96 Å². The fraction of sp³-hybridized carbons (Fsp3) is 0.842. The molecule has 0 amide bonds. The third-order valence-corrected chi connectivity index (χ3v) is 4.18. The van der Waals surface area contributed by atoms with E-state index < -0.39 is 0 Å². The summed E-state index contributed by atoms with van der Waals surface area (Å²) in [6.07, 6.45) is 10.2. The Morgan fingerprint density at radius 1 is 1.28 bits per heavy atom. The van der Waals surface area contributed by atoms with Crippen molar-refractivity contribution in [1.29, 1.82) is 0 Å². The van der Waals surface area contributed by atoms with Crippen molar-refractivity contribution < 1.29 is 9.47 Å². The second-order valence-electron chi connectivity index (χ2n) is 6.33. The molecule has 1 fully saturated rings. The summed E-state index contributed by atoms with van der Waals surface area (Å²) in [5, 5.41) is 3.38. The van der Waals surface area contributed by atoms with Crippen molar-refractivity contribution in [3.63, 3.8) is 0 Å². The van der Waals surface area contributed by atoms with Crippen LogP contribution in [0.5, 0.6) is 0 Å². The number of ether oxygens (including phenoxy) is 2. The fourth-order valence-electron chi connectivity index (χ4n) is 2.73. The van der Waals surface area contributed by atoms with Gasteiger partial charge in [-0.3, -0.25) is 4.99 Å². The quantitative estimate of drug-likeness (QED) is 0.156. The molecular weight excluding hydrogens is 429 g/mol. The van der Waals surface area contributed by atoms with Crippen LogP contribution in [0.4, 0.5) is 0 Å². The van der Waals surface area contributed by atoms with Crippen LogP contribution in [-0.2, 0) is 9.47 Å². The molecule has 0 saturated carbocycles. The highest BCUT2D eigenvalue weighted by Gasteiger charge is 2.13. The minimum absolute atomic E-state index is 0. The second-order valence-corrected chi connectivity index (χ2v) is 6.33. The van der Waals surface area contributed by atoms with Crippen molar-refractivity contribution >= 4 is 29.9 Å². The molecule has 0 atom stereocenters. The summed E-state index contributed by atoms with van der Waals surface area (Å²) in [5.74, 6) is 1.01. The fourth-order valence-corrected chi connectivity index (χ4v) is 2.73. The molecule has 1 aliphatic heterocycles. The van der Waals surface area contributed by atoms with Crippen molar-refractivity contribution in [3.05, 3.63) is 12.7 Å². The summed E-state index contributed by atoms with van der Waals surface area (Å²) in [5.41, 5.74) is 0. The Balaban J connectivity index is 0.00000576. The first-order chi connectivity index (χ1) is 11.8. The van der Waals surface area contributed by atoms with Gasteiger partial charge in [-0.15, -0.1) is 30.6 Å². The van der Waals surface area contributed by atoms with Gasteiger partial charge in [0.25, 0.3) is 0 Å². The highest BCUT2D eigenvalue weighted by Crippen LogP contribution is 2.10. The third-order valence-electron chi connectivity index (χ3n) is 4.18. The van der Waals surface area contributed by atoms with E-state index in [1.165, 1.54) is 19.3 Å². The number of nitrogens with zero attached hydrogens (tertiary/aromatic N) is 2. The first-order valence-corrected chi connectivity index (χ1v) is 9.57. The molecule has 0 aliphatic carbocycles. The number of guanidine groups is 1. The van der Waals surface area contributed by atoms with Gasteiger partial charge in [-0.1, -0.05) is 12.5 Å². The lowest BCUT2D eigenvalue weighted by Gasteiger charge is -2.23. The maximum atomic E-state index is 5.90. The molecule has 0 unspecified atom stereocenters. The van der Waals surface area contributed by atoms with E-state index in [4.69, 9.17) is 14.5 Å². The summed E-state index contributed by atoms with van der Waals surface area (Å²) in [6.45, 7) is 11.1. The molecule has 0 spiro atoms. The van der Waals surface area contributed by atoms with Gasteiger partial charge in [-0.25, -0.2) is 0 Å². The molecule has 148 valence electrons. The Bertz CT molecular complexity index is 348. The minimum atomic E-state index is 0. The van der Waals surface area contributed by atoms with Crippen LogP contribution in [0.1, 0.15) is 51.9 Å². The SMILES string of the molecule is C=CCCCCCN(C)C(=NCCCOC1CCOCC1)NCC.I. The number of hydrogen-bond acceptors (Lipinski definition) is 3. The van der Waals surface area contributed by atoms with Crippen LogP contribution in [0, 0.1) is 0 Å². The van der Waals surface area contributed by atoms with Crippen LogP contribution in [0.15, 0.2) is 17.6 Å². The summed E-state index contributed by atoms with van der Waals surface area (Å²) in [7, 11) is 2.12. The molecule has 1 rings (SSSR count). The van der Waals surface area contributed by atoms with Crippen LogP contribution in [0.2, 0.25) is 0 Å². The van der Waals surface area contributed by atoms with E-state index in [2.05, 4.69) is 30.8 Å². The lowest BCUT2D eigenvalue weighted by atomic mass is 10.1. The smallest absolute Gasteiger partial charge is 0.193 e. The number of halogens is 1. The predicted octanol–water partition coefficient (Wildman–Crippen LogP) is 3.83.